The van der Waals surface area contributed by atoms with Crippen molar-refractivity contribution in [2.75, 3.05) is 25.5 Å². The average molecular weight is 279 g/mol. The SMILES string of the molecule is CNCCNc1cnn(Cc2csc(C)n2)c(=O)c1. The molecule has 2 heterocycles. The molecule has 0 aromatic carbocycles. The summed E-state index contributed by atoms with van der Waals surface area (Å²) < 4.78 is 1.41. The van der Waals surface area contributed by atoms with Gasteiger partial charge in [-0.05, 0) is 14.0 Å². The molecule has 0 spiro atoms. The van der Waals surface area contributed by atoms with Gasteiger partial charge >= 0.3 is 0 Å². The summed E-state index contributed by atoms with van der Waals surface area (Å²) in [4.78, 5) is 16.2. The normalized spacial score (nSPS) is 10.6. The largest absolute Gasteiger partial charge is 0.382 e. The summed E-state index contributed by atoms with van der Waals surface area (Å²) in [6, 6.07) is 1.56. The van der Waals surface area contributed by atoms with Crippen molar-refractivity contribution in [1.29, 1.82) is 0 Å². The highest BCUT2D eigenvalue weighted by atomic mass is 32.1. The van der Waals surface area contributed by atoms with Crippen LogP contribution in [0.4, 0.5) is 5.69 Å². The predicted octanol–water partition coefficient (Wildman–Crippen LogP) is 0.688. The van der Waals surface area contributed by atoms with Crippen molar-refractivity contribution in [3.8, 4) is 0 Å². The Labute approximate surface area is 115 Å². The minimum Gasteiger partial charge on any atom is -0.382 e. The molecular weight excluding hydrogens is 262 g/mol. The highest BCUT2D eigenvalue weighted by Crippen LogP contribution is 2.08. The number of nitrogens with zero attached hydrogens (tertiary/aromatic N) is 3. The third kappa shape index (κ3) is 3.87. The van der Waals surface area contributed by atoms with Gasteiger partial charge in [0.2, 0.25) is 0 Å². The van der Waals surface area contributed by atoms with Crippen molar-refractivity contribution in [3.05, 3.63) is 38.7 Å². The second-order valence-corrected chi connectivity index (χ2v) is 5.19. The van der Waals surface area contributed by atoms with Gasteiger partial charge in [0.25, 0.3) is 5.56 Å². The lowest BCUT2D eigenvalue weighted by Gasteiger charge is -2.07. The molecule has 102 valence electrons. The van der Waals surface area contributed by atoms with Crippen LogP contribution in [0, 0.1) is 6.92 Å². The van der Waals surface area contributed by atoms with Crippen LogP contribution in [0.25, 0.3) is 0 Å². The van der Waals surface area contributed by atoms with Crippen LogP contribution in [0.1, 0.15) is 10.7 Å². The van der Waals surface area contributed by atoms with E-state index in [9.17, 15) is 4.79 Å². The van der Waals surface area contributed by atoms with Gasteiger partial charge < -0.3 is 10.6 Å². The van der Waals surface area contributed by atoms with E-state index in [1.807, 2.05) is 19.4 Å². The van der Waals surface area contributed by atoms with Gasteiger partial charge in [0.05, 0.1) is 29.1 Å². The minimum absolute atomic E-state index is 0.125. The topological polar surface area (TPSA) is 71.8 Å². The first-order valence-electron chi connectivity index (χ1n) is 6.05. The third-order valence-electron chi connectivity index (χ3n) is 2.55. The Morgan fingerprint density at radius 2 is 2.26 bits per heavy atom. The second kappa shape index (κ2) is 6.44. The summed E-state index contributed by atoms with van der Waals surface area (Å²) in [5, 5.41) is 13.2. The number of aryl methyl sites for hydroxylation is 1. The van der Waals surface area contributed by atoms with Gasteiger partial charge in [0.1, 0.15) is 0 Å². The van der Waals surface area contributed by atoms with E-state index in [0.29, 0.717) is 6.54 Å². The summed E-state index contributed by atoms with van der Waals surface area (Å²) in [6.45, 7) is 3.95. The van der Waals surface area contributed by atoms with Crippen molar-refractivity contribution >= 4 is 17.0 Å². The van der Waals surface area contributed by atoms with Crippen LogP contribution in [0.2, 0.25) is 0 Å². The van der Waals surface area contributed by atoms with Crippen molar-refractivity contribution < 1.29 is 0 Å². The zero-order chi connectivity index (χ0) is 13.7. The molecule has 0 saturated heterocycles. The number of nitrogens with one attached hydrogen (secondary N) is 2. The Kier molecular flexibility index (Phi) is 4.64. The van der Waals surface area contributed by atoms with Gasteiger partial charge in [-0.1, -0.05) is 0 Å². The van der Waals surface area contributed by atoms with E-state index < -0.39 is 0 Å². The first-order valence-corrected chi connectivity index (χ1v) is 6.93. The molecule has 0 bridgehead atoms. The van der Waals surface area contributed by atoms with E-state index in [-0.39, 0.29) is 5.56 Å². The standard InChI is InChI=1S/C12H17N5OS/c1-9-16-11(8-19-9)7-17-12(18)5-10(6-15-17)14-4-3-13-2/h5-6,8,13-14H,3-4,7H2,1-2H3. The molecule has 0 aliphatic rings. The number of anilines is 1. The fourth-order valence-electron chi connectivity index (χ4n) is 1.62. The van der Waals surface area contributed by atoms with Crippen molar-refractivity contribution in [3.63, 3.8) is 0 Å². The molecule has 0 atom stereocenters. The average Bonchev–Trinajstić information content (AvgIpc) is 2.79. The Bertz CT molecular complexity index is 592. The Hall–Kier alpha value is -1.73. The van der Waals surface area contributed by atoms with Crippen LogP contribution >= 0.6 is 11.3 Å². The number of hydrogen-bond acceptors (Lipinski definition) is 6. The van der Waals surface area contributed by atoms with Crippen LogP contribution < -0.4 is 16.2 Å². The number of thiazole rings is 1. The van der Waals surface area contributed by atoms with E-state index in [0.717, 1.165) is 29.5 Å². The molecular formula is C12H17N5OS. The number of aromatic nitrogens is 3. The summed E-state index contributed by atoms with van der Waals surface area (Å²) in [5.74, 6) is 0. The van der Waals surface area contributed by atoms with Crippen molar-refractivity contribution in [1.82, 2.24) is 20.1 Å². The maximum Gasteiger partial charge on any atom is 0.269 e. The molecule has 0 amide bonds. The van der Waals surface area contributed by atoms with E-state index in [4.69, 9.17) is 0 Å². The number of rotatable bonds is 6. The second-order valence-electron chi connectivity index (χ2n) is 4.13. The van der Waals surface area contributed by atoms with Gasteiger partial charge in [-0.15, -0.1) is 11.3 Å². The fourth-order valence-corrected chi connectivity index (χ4v) is 2.22. The molecule has 0 radical (unpaired) electrons. The lowest BCUT2D eigenvalue weighted by molar-refractivity contribution is 0.630. The van der Waals surface area contributed by atoms with Gasteiger partial charge in [0.15, 0.2) is 0 Å². The van der Waals surface area contributed by atoms with Crippen LogP contribution in [0.3, 0.4) is 0 Å². The lowest BCUT2D eigenvalue weighted by atomic mass is 10.4. The van der Waals surface area contributed by atoms with Gasteiger partial charge in [0, 0.05) is 24.5 Å². The zero-order valence-electron chi connectivity index (χ0n) is 11.0. The Morgan fingerprint density at radius 3 is 2.89 bits per heavy atom. The molecule has 2 aromatic heterocycles. The summed E-state index contributed by atoms with van der Waals surface area (Å²) in [6.07, 6.45) is 1.66. The Balaban J connectivity index is 2.04. The summed E-state index contributed by atoms with van der Waals surface area (Å²) >= 11 is 1.57. The highest BCUT2D eigenvalue weighted by Gasteiger charge is 2.03. The molecule has 0 unspecified atom stereocenters. The maximum atomic E-state index is 11.9. The fraction of sp³-hybridized carbons (Fsp3) is 0.417. The number of hydrogen-bond donors (Lipinski definition) is 2. The molecule has 0 aliphatic carbocycles. The first kappa shape index (κ1) is 13.7. The number of likely N-dealkylation sites (N-methyl/N-ethyl adjacent to an activating group) is 1. The minimum atomic E-state index is -0.125. The van der Waals surface area contributed by atoms with E-state index in [1.54, 1.807) is 23.6 Å². The van der Waals surface area contributed by atoms with E-state index in [1.165, 1.54) is 4.68 Å². The molecule has 0 fully saturated rings. The molecule has 0 aliphatic heterocycles. The third-order valence-corrected chi connectivity index (χ3v) is 3.37. The molecule has 0 saturated carbocycles. The van der Waals surface area contributed by atoms with Crippen LogP contribution in [0.5, 0.6) is 0 Å². The van der Waals surface area contributed by atoms with Crippen molar-refractivity contribution in [2.45, 2.75) is 13.5 Å². The van der Waals surface area contributed by atoms with Crippen molar-refractivity contribution in [2.24, 2.45) is 0 Å². The van der Waals surface area contributed by atoms with Gasteiger partial charge in [-0.2, -0.15) is 5.10 Å². The van der Waals surface area contributed by atoms with E-state index >= 15 is 0 Å². The Morgan fingerprint density at radius 1 is 1.42 bits per heavy atom. The maximum absolute atomic E-state index is 11.9. The van der Waals surface area contributed by atoms with Gasteiger partial charge in [-0.3, -0.25) is 4.79 Å². The van der Waals surface area contributed by atoms with Crippen LogP contribution in [-0.4, -0.2) is 34.9 Å². The zero-order valence-corrected chi connectivity index (χ0v) is 11.8. The smallest absolute Gasteiger partial charge is 0.269 e. The molecule has 2 N–H and O–H groups in total. The summed E-state index contributed by atoms with van der Waals surface area (Å²) in [5.41, 5.74) is 1.49. The molecule has 2 aromatic rings. The first-order chi connectivity index (χ1) is 9.19. The monoisotopic (exact) mass is 279 g/mol. The predicted molar refractivity (Wildman–Crippen MR) is 76.9 cm³/mol. The highest BCUT2D eigenvalue weighted by molar-refractivity contribution is 7.09. The van der Waals surface area contributed by atoms with Crippen LogP contribution in [-0.2, 0) is 6.54 Å². The molecule has 6 nitrogen and oxygen atoms in total. The molecule has 7 heteroatoms. The molecule has 19 heavy (non-hydrogen) atoms. The quantitative estimate of drug-likeness (QED) is 0.761. The van der Waals surface area contributed by atoms with Crippen LogP contribution in [0.15, 0.2) is 22.4 Å². The van der Waals surface area contributed by atoms with E-state index in [2.05, 4.69) is 20.7 Å². The van der Waals surface area contributed by atoms with Gasteiger partial charge in [-0.25, -0.2) is 9.67 Å². The summed E-state index contributed by atoms with van der Waals surface area (Å²) in [7, 11) is 1.88. The molecule has 2 rings (SSSR count). The lowest BCUT2D eigenvalue weighted by Crippen LogP contribution is -2.24.